The molecule has 0 aliphatic carbocycles. The molecule has 2 atom stereocenters. The Balaban J connectivity index is 1.35. The van der Waals surface area contributed by atoms with E-state index in [0.29, 0.717) is 31.1 Å². The average Bonchev–Trinajstić information content (AvgIpc) is 3.35. The number of ether oxygens (including phenoxy) is 2. The van der Waals surface area contributed by atoms with Crippen LogP contribution in [0, 0.1) is 0 Å². The highest BCUT2D eigenvalue weighted by Gasteiger charge is 2.55. The van der Waals surface area contributed by atoms with Crippen molar-refractivity contribution in [2.75, 3.05) is 18.5 Å². The van der Waals surface area contributed by atoms with E-state index in [1.165, 1.54) is 0 Å². The number of nitrogens with zero attached hydrogens (tertiary/aromatic N) is 1. The normalized spacial score (nSPS) is 19.9. The molecule has 0 saturated carbocycles. The van der Waals surface area contributed by atoms with Gasteiger partial charge in [0.2, 0.25) is 5.90 Å². The van der Waals surface area contributed by atoms with Crippen molar-refractivity contribution in [2.45, 2.75) is 24.5 Å². The molecule has 0 radical (unpaired) electrons. The van der Waals surface area contributed by atoms with Gasteiger partial charge in [0.05, 0.1) is 6.61 Å². The summed E-state index contributed by atoms with van der Waals surface area (Å²) in [6.07, 6.45) is 0.420. The molecule has 2 N–H and O–H groups in total. The van der Waals surface area contributed by atoms with Gasteiger partial charge < -0.3 is 19.9 Å². The number of para-hydroxylation sites is 1. The summed E-state index contributed by atoms with van der Waals surface area (Å²) in [4.78, 5) is 18.7. The van der Waals surface area contributed by atoms with Crippen LogP contribution in [-0.2, 0) is 16.0 Å². The lowest BCUT2D eigenvalue weighted by atomic mass is 9.79. The molecule has 0 unspecified atom stereocenters. The first kappa shape index (κ1) is 23.9. The molecule has 6 heteroatoms. The summed E-state index contributed by atoms with van der Waals surface area (Å²) >= 11 is 0. The molecule has 2 heterocycles. The fourth-order valence-corrected chi connectivity index (χ4v) is 5.08. The molecule has 0 aromatic heterocycles. The number of carbonyl (C=O) groups excluding carboxylic acids is 1. The van der Waals surface area contributed by atoms with E-state index in [-0.39, 0.29) is 12.5 Å². The summed E-state index contributed by atoms with van der Waals surface area (Å²) in [6, 6.07) is 33.7. The first-order valence-electron chi connectivity index (χ1n) is 12.8. The molecule has 190 valence electrons. The van der Waals surface area contributed by atoms with Crippen molar-refractivity contribution in [3.05, 3.63) is 120 Å². The van der Waals surface area contributed by atoms with Gasteiger partial charge in [-0.2, -0.15) is 0 Å². The van der Waals surface area contributed by atoms with Crippen molar-refractivity contribution in [1.82, 2.24) is 0 Å². The van der Waals surface area contributed by atoms with E-state index in [9.17, 15) is 4.79 Å². The number of hydrogen-bond acceptors (Lipinski definition) is 5. The summed E-state index contributed by atoms with van der Waals surface area (Å²) < 4.78 is 12.2. The molecule has 0 saturated heterocycles. The van der Waals surface area contributed by atoms with E-state index in [0.717, 1.165) is 33.5 Å². The van der Waals surface area contributed by atoms with Crippen LogP contribution in [-0.4, -0.2) is 35.7 Å². The van der Waals surface area contributed by atoms with Gasteiger partial charge in [0, 0.05) is 30.7 Å². The summed E-state index contributed by atoms with van der Waals surface area (Å²) in [5.74, 6) is 0.957. The fraction of sp³-hybridized carbons (Fsp3) is 0.188. The van der Waals surface area contributed by atoms with Crippen LogP contribution in [0.25, 0.3) is 11.1 Å². The van der Waals surface area contributed by atoms with E-state index >= 15 is 0 Å². The van der Waals surface area contributed by atoms with Crippen molar-refractivity contribution >= 4 is 17.5 Å². The largest absolute Gasteiger partial charge is 0.494 e. The van der Waals surface area contributed by atoms with Gasteiger partial charge in [0.1, 0.15) is 5.75 Å². The maximum absolute atomic E-state index is 13.7. The minimum atomic E-state index is -1.13. The van der Waals surface area contributed by atoms with Gasteiger partial charge in [0.25, 0.3) is 5.91 Å². The number of aliphatic hydroxyl groups is 1. The Kier molecular flexibility index (Phi) is 6.40. The second-order valence-electron chi connectivity index (χ2n) is 9.57. The number of nitrogens with one attached hydrogen (secondary N) is 1. The zero-order valence-electron chi connectivity index (χ0n) is 20.8. The van der Waals surface area contributed by atoms with Crippen LogP contribution in [0.5, 0.6) is 5.75 Å². The van der Waals surface area contributed by atoms with Gasteiger partial charge in [0.15, 0.2) is 11.6 Å². The van der Waals surface area contributed by atoms with Crippen LogP contribution in [0.2, 0.25) is 0 Å². The third-order valence-corrected chi connectivity index (χ3v) is 7.08. The predicted octanol–water partition coefficient (Wildman–Crippen LogP) is 5.57. The second-order valence-corrected chi connectivity index (χ2v) is 9.57. The highest BCUT2D eigenvalue weighted by Crippen LogP contribution is 2.46. The molecule has 1 amide bonds. The third kappa shape index (κ3) is 4.44. The highest BCUT2D eigenvalue weighted by atomic mass is 16.5. The van der Waals surface area contributed by atoms with Crippen molar-refractivity contribution in [1.29, 1.82) is 0 Å². The number of benzene rings is 4. The number of anilines is 1. The van der Waals surface area contributed by atoms with Crippen LogP contribution >= 0.6 is 0 Å². The molecule has 4 aromatic rings. The maximum atomic E-state index is 13.7. The van der Waals surface area contributed by atoms with Gasteiger partial charge >= 0.3 is 0 Å². The Morgan fingerprint density at radius 2 is 1.55 bits per heavy atom. The van der Waals surface area contributed by atoms with Gasteiger partial charge in [-0.1, -0.05) is 72.8 Å². The Morgan fingerprint density at radius 1 is 0.868 bits per heavy atom. The van der Waals surface area contributed by atoms with E-state index < -0.39 is 11.6 Å². The number of hydrogen-bond donors (Lipinski definition) is 2. The lowest BCUT2D eigenvalue weighted by Crippen LogP contribution is -2.49. The number of rotatable bonds is 7. The minimum Gasteiger partial charge on any atom is -0.494 e. The lowest BCUT2D eigenvalue weighted by Gasteiger charge is -2.35. The zero-order chi connectivity index (χ0) is 26.0. The topological polar surface area (TPSA) is 80.2 Å². The smallest absolute Gasteiger partial charge is 0.257 e. The summed E-state index contributed by atoms with van der Waals surface area (Å²) in [6.45, 7) is 0.529. The molecule has 0 bridgehead atoms. The van der Waals surface area contributed by atoms with E-state index in [1.807, 2.05) is 78.9 Å². The maximum Gasteiger partial charge on any atom is 0.257 e. The monoisotopic (exact) mass is 504 g/mol. The van der Waals surface area contributed by atoms with Crippen LogP contribution in [0.15, 0.2) is 108 Å². The van der Waals surface area contributed by atoms with Gasteiger partial charge in [-0.15, -0.1) is 0 Å². The Labute approximate surface area is 221 Å². The number of fused-ring (bicyclic) bond motifs is 1. The number of aliphatic imine (C=N–C) groups is 1. The first-order valence-corrected chi connectivity index (χ1v) is 12.8. The van der Waals surface area contributed by atoms with E-state index in [4.69, 9.17) is 19.6 Å². The molecule has 6 rings (SSSR count). The SMILES string of the molecule is O=C1Nc2ccccc2C[C@@]12N=C(c1ccc(OCCCO)cc1)O[C@H]2c1ccc(-c2ccccc2)cc1. The fourth-order valence-electron chi connectivity index (χ4n) is 5.08. The van der Waals surface area contributed by atoms with Gasteiger partial charge in [-0.05, 0) is 52.6 Å². The van der Waals surface area contributed by atoms with E-state index in [2.05, 4.69) is 29.6 Å². The van der Waals surface area contributed by atoms with Crippen molar-refractivity contribution in [2.24, 2.45) is 4.99 Å². The molecule has 2 aliphatic rings. The molecule has 38 heavy (non-hydrogen) atoms. The molecular weight excluding hydrogens is 476 g/mol. The number of aliphatic hydroxyl groups excluding tert-OH is 1. The molecular formula is C32H28N2O4. The minimum absolute atomic E-state index is 0.0870. The zero-order valence-corrected chi connectivity index (χ0v) is 20.8. The van der Waals surface area contributed by atoms with E-state index in [1.54, 1.807) is 0 Å². The highest BCUT2D eigenvalue weighted by molar-refractivity contribution is 6.07. The van der Waals surface area contributed by atoms with Gasteiger partial charge in [-0.3, -0.25) is 4.79 Å². The van der Waals surface area contributed by atoms with Crippen LogP contribution in [0.4, 0.5) is 5.69 Å². The first-order chi connectivity index (χ1) is 18.7. The molecule has 4 aromatic carbocycles. The van der Waals surface area contributed by atoms with Crippen molar-refractivity contribution in [3.63, 3.8) is 0 Å². The Bertz CT molecular complexity index is 1470. The lowest BCUT2D eigenvalue weighted by molar-refractivity contribution is -0.124. The predicted molar refractivity (Wildman–Crippen MR) is 147 cm³/mol. The van der Waals surface area contributed by atoms with Gasteiger partial charge in [-0.25, -0.2) is 4.99 Å². The van der Waals surface area contributed by atoms with Crippen molar-refractivity contribution < 1.29 is 19.4 Å². The standard InChI is InChI=1S/C32H28N2O4/c35-19-6-20-37-27-17-15-25(16-18-27)30-34-32(21-26-9-4-5-10-28(26)33-31(32)36)29(38-30)24-13-11-23(12-14-24)22-7-2-1-3-8-22/h1-5,7-18,29,35H,6,19-21H2,(H,33,36)/t29-,32-/m0/s1. The third-order valence-electron chi connectivity index (χ3n) is 7.08. The Hall–Kier alpha value is -4.42. The molecule has 0 fully saturated rings. The quantitative estimate of drug-likeness (QED) is 0.323. The molecule has 2 aliphatic heterocycles. The second kappa shape index (κ2) is 10.1. The summed E-state index contributed by atoms with van der Waals surface area (Å²) in [5.41, 5.74) is 4.60. The van der Waals surface area contributed by atoms with Crippen molar-refractivity contribution in [3.8, 4) is 16.9 Å². The molecule has 1 spiro atoms. The van der Waals surface area contributed by atoms with Crippen LogP contribution in [0.3, 0.4) is 0 Å². The average molecular weight is 505 g/mol. The summed E-state index contributed by atoms with van der Waals surface area (Å²) in [5, 5.41) is 12.1. The summed E-state index contributed by atoms with van der Waals surface area (Å²) in [7, 11) is 0. The van der Waals surface area contributed by atoms with Crippen LogP contribution in [0.1, 0.15) is 29.2 Å². The number of amides is 1. The number of carbonyl (C=O) groups is 1. The molecule has 6 nitrogen and oxygen atoms in total. The van der Waals surface area contributed by atoms with Crippen LogP contribution < -0.4 is 10.1 Å². The Morgan fingerprint density at radius 3 is 2.32 bits per heavy atom.